The van der Waals surface area contributed by atoms with E-state index in [4.69, 9.17) is 0 Å². The summed E-state index contributed by atoms with van der Waals surface area (Å²) in [5.41, 5.74) is 4.21. The molecule has 140 valence electrons. The van der Waals surface area contributed by atoms with Crippen molar-refractivity contribution < 1.29 is 17.9 Å². The molecule has 0 aliphatic carbocycles. The average molecular weight is 381 g/mol. The number of halogens is 3. The molecule has 0 saturated carbocycles. The van der Waals surface area contributed by atoms with E-state index in [1.165, 1.54) is 18.2 Å². The second-order valence-corrected chi connectivity index (χ2v) is 6.06. The molecule has 4 aromatic rings. The maximum Gasteiger partial charge on any atom is 0.573 e. The van der Waals surface area contributed by atoms with Crippen molar-refractivity contribution >= 4 is 23.1 Å². The van der Waals surface area contributed by atoms with Crippen molar-refractivity contribution in [1.29, 1.82) is 0 Å². The summed E-state index contributed by atoms with van der Waals surface area (Å²) in [6.45, 7) is 0. The van der Waals surface area contributed by atoms with E-state index < -0.39 is 6.36 Å². The van der Waals surface area contributed by atoms with Crippen LogP contribution in [0.25, 0.3) is 34.2 Å². The summed E-state index contributed by atoms with van der Waals surface area (Å²) in [6.07, 6.45) is 2.19. The lowest BCUT2D eigenvalue weighted by molar-refractivity contribution is -0.274. The molecule has 0 aliphatic rings. The molecule has 1 N–H and O–H groups in total. The lowest BCUT2D eigenvalue weighted by Gasteiger charge is -2.08. The van der Waals surface area contributed by atoms with Gasteiger partial charge in [0.2, 0.25) is 0 Å². The summed E-state index contributed by atoms with van der Waals surface area (Å²) >= 11 is 0. The predicted octanol–water partition coefficient (Wildman–Crippen LogP) is 5.69. The van der Waals surface area contributed by atoms with Gasteiger partial charge in [0, 0.05) is 17.8 Å². The zero-order valence-corrected chi connectivity index (χ0v) is 14.4. The number of aromatic amines is 1. The third kappa shape index (κ3) is 4.03. The molecule has 0 atom stereocenters. The van der Waals surface area contributed by atoms with Gasteiger partial charge < -0.3 is 4.74 Å². The number of alkyl halides is 3. The molecule has 28 heavy (non-hydrogen) atoms. The summed E-state index contributed by atoms with van der Waals surface area (Å²) in [5, 5.41) is 8.19. The minimum Gasteiger partial charge on any atom is -0.406 e. The molecule has 2 aromatic carbocycles. The summed E-state index contributed by atoms with van der Waals surface area (Å²) < 4.78 is 41.0. The first-order valence-electron chi connectivity index (χ1n) is 8.40. The van der Waals surface area contributed by atoms with Crippen molar-refractivity contribution in [2.75, 3.05) is 0 Å². The Bertz CT molecular complexity index is 1130. The molecule has 0 spiro atoms. The van der Waals surface area contributed by atoms with Gasteiger partial charge in [0.1, 0.15) is 5.75 Å². The van der Waals surface area contributed by atoms with Crippen LogP contribution in [0.5, 0.6) is 5.75 Å². The molecule has 0 saturated heterocycles. The third-order valence-corrected chi connectivity index (χ3v) is 4.13. The van der Waals surface area contributed by atoms with Gasteiger partial charge in [-0.15, -0.1) is 13.2 Å². The summed E-state index contributed by atoms with van der Waals surface area (Å²) in [5.74, 6) is -0.261. The van der Waals surface area contributed by atoms with Crippen molar-refractivity contribution in [3.8, 4) is 16.9 Å². The Kier molecular flexibility index (Phi) is 4.57. The van der Waals surface area contributed by atoms with E-state index in [0.29, 0.717) is 11.3 Å². The zero-order chi connectivity index (χ0) is 19.6. The Morgan fingerprint density at radius 1 is 0.893 bits per heavy atom. The quantitative estimate of drug-likeness (QED) is 0.494. The van der Waals surface area contributed by atoms with Crippen LogP contribution in [0, 0.1) is 0 Å². The van der Waals surface area contributed by atoms with Crippen molar-refractivity contribution in [3.63, 3.8) is 0 Å². The first-order valence-corrected chi connectivity index (χ1v) is 8.40. The fourth-order valence-corrected chi connectivity index (χ4v) is 2.88. The fourth-order valence-electron chi connectivity index (χ4n) is 2.88. The second-order valence-electron chi connectivity index (χ2n) is 6.06. The summed E-state index contributed by atoms with van der Waals surface area (Å²) in [4.78, 5) is 4.02. The fraction of sp³-hybridized carbons (Fsp3) is 0.0476. The highest BCUT2D eigenvalue weighted by molar-refractivity contribution is 5.92. The maximum absolute atomic E-state index is 12.4. The lowest BCUT2D eigenvalue weighted by Crippen LogP contribution is -2.17. The molecule has 0 amide bonds. The zero-order valence-electron chi connectivity index (χ0n) is 14.4. The molecule has 0 bridgehead atoms. The summed E-state index contributed by atoms with van der Waals surface area (Å²) in [6, 6.07) is 15.6. The van der Waals surface area contributed by atoms with E-state index in [1.807, 2.05) is 30.3 Å². The van der Waals surface area contributed by atoms with Crippen LogP contribution < -0.4 is 4.74 Å². The number of H-pyrrole nitrogens is 1. The standard InChI is InChI=1S/C21H14F3N3O/c22-21(23,24)28-17-3-1-2-14(12-17)4-7-19-18-6-5-16(13-20(18)27-26-19)15-8-10-25-11-9-15/h1-13H,(H,26,27)/b7-4+. The first-order chi connectivity index (χ1) is 13.5. The van der Waals surface area contributed by atoms with Gasteiger partial charge in [-0.2, -0.15) is 5.10 Å². The molecule has 0 aliphatic heterocycles. The van der Waals surface area contributed by atoms with Crippen molar-refractivity contribution in [3.05, 3.63) is 78.2 Å². The number of nitrogens with one attached hydrogen (secondary N) is 1. The molecule has 4 rings (SSSR count). The van der Waals surface area contributed by atoms with Crippen LogP contribution in [0.4, 0.5) is 13.2 Å². The normalized spacial score (nSPS) is 12.0. The van der Waals surface area contributed by atoms with Gasteiger partial charge in [-0.3, -0.25) is 10.1 Å². The molecule has 0 unspecified atom stereocenters. The number of hydrogen-bond donors (Lipinski definition) is 1. The Morgan fingerprint density at radius 2 is 1.71 bits per heavy atom. The number of aromatic nitrogens is 3. The van der Waals surface area contributed by atoms with Crippen LogP contribution in [0.1, 0.15) is 11.3 Å². The predicted molar refractivity (Wildman–Crippen MR) is 101 cm³/mol. The molecule has 2 aromatic heterocycles. The van der Waals surface area contributed by atoms with Crippen LogP contribution in [-0.4, -0.2) is 21.5 Å². The van der Waals surface area contributed by atoms with E-state index in [9.17, 15) is 13.2 Å². The number of rotatable bonds is 4. The van der Waals surface area contributed by atoms with Gasteiger partial charge in [-0.05, 0) is 59.2 Å². The van der Waals surface area contributed by atoms with Gasteiger partial charge in [-0.1, -0.05) is 24.3 Å². The minimum atomic E-state index is -4.72. The highest BCUT2D eigenvalue weighted by atomic mass is 19.4. The van der Waals surface area contributed by atoms with Gasteiger partial charge in [0.25, 0.3) is 0 Å². The topological polar surface area (TPSA) is 50.8 Å². The van der Waals surface area contributed by atoms with Crippen LogP contribution >= 0.6 is 0 Å². The Hall–Kier alpha value is -3.61. The van der Waals surface area contributed by atoms with E-state index in [0.717, 1.165) is 22.0 Å². The minimum absolute atomic E-state index is 0.261. The van der Waals surface area contributed by atoms with Gasteiger partial charge in [-0.25, -0.2) is 0 Å². The monoisotopic (exact) mass is 381 g/mol. The second kappa shape index (κ2) is 7.19. The lowest BCUT2D eigenvalue weighted by atomic mass is 10.0. The molecular weight excluding hydrogens is 367 g/mol. The number of ether oxygens (including phenoxy) is 1. The number of nitrogens with zero attached hydrogens (tertiary/aromatic N) is 2. The Labute approximate surface area is 158 Å². The van der Waals surface area contributed by atoms with Crippen molar-refractivity contribution in [1.82, 2.24) is 15.2 Å². The Morgan fingerprint density at radius 3 is 2.50 bits per heavy atom. The number of benzene rings is 2. The van der Waals surface area contributed by atoms with Crippen molar-refractivity contribution in [2.24, 2.45) is 0 Å². The van der Waals surface area contributed by atoms with E-state index >= 15 is 0 Å². The van der Waals surface area contributed by atoms with Gasteiger partial charge >= 0.3 is 6.36 Å². The highest BCUT2D eigenvalue weighted by Gasteiger charge is 2.31. The smallest absolute Gasteiger partial charge is 0.406 e. The molecule has 4 nitrogen and oxygen atoms in total. The van der Waals surface area contributed by atoms with E-state index in [2.05, 4.69) is 19.9 Å². The van der Waals surface area contributed by atoms with Gasteiger partial charge in [0.05, 0.1) is 11.2 Å². The SMILES string of the molecule is FC(F)(F)Oc1cccc(/C=C/c2n[nH]c3cc(-c4ccncc4)ccc23)c1. The van der Waals surface area contributed by atoms with Gasteiger partial charge in [0.15, 0.2) is 0 Å². The molecule has 2 heterocycles. The maximum atomic E-state index is 12.4. The van der Waals surface area contributed by atoms with E-state index in [-0.39, 0.29) is 5.75 Å². The van der Waals surface area contributed by atoms with Crippen LogP contribution in [0.15, 0.2) is 67.0 Å². The van der Waals surface area contributed by atoms with Crippen LogP contribution in [0.2, 0.25) is 0 Å². The molecule has 7 heteroatoms. The largest absolute Gasteiger partial charge is 0.573 e. The Balaban J connectivity index is 1.59. The molecule has 0 fully saturated rings. The summed E-state index contributed by atoms with van der Waals surface area (Å²) in [7, 11) is 0. The molecular formula is C21H14F3N3O. The van der Waals surface area contributed by atoms with Crippen molar-refractivity contribution in [2.45, 2.75) is 6.36 Å². The van der Waals surface area contributed by atoms with Crippen LogP contribution in [-0.2, 0) is 0 Å². The average Bonchev–Trinajstić information content (AvgIpc) is 3.08. The third-order valence-electron chi connectivity index (χ3n) is 4.13. The molecule has 0 radical (unpaired) electrons. The first kappa shape index (κ1) is 17.8. The van der Waals surface area contributed by atoms with E-state index in [1.54, 1.807) is 30.6 Å². The highest BCUT2D eigenvalue weighted by Crippen LogP contribution is 2.27. The number of fused-ring (bicyclic) bond motifs is 1. The number of hydrogen-bond acceptors (Lipinski definition) is 3. The van der Waals surface area contributed by atoms with Crippen LogP contribution in [0.3, 0.4) is 0 Å². The number of pyridine rings is 1.